The molecular formula is C17H12Cl2N4O3S. The first-order valence-corrected chi connectivity index (χ1v) is 9.53. The van der Waals surface area contributed by atoms with Crippen molar-refractivity contribution in [2.24, 2.45) is 0 Å². The molecule has 3 amide bonds. The predicted octanol–water partition coefficient (Wildman–Crippen LogP) is 4.07. The highest BCUT2D eigenvalue weighted by atomic mass is 35.5. The van der Waals surface area contributed by atoms with Crippen LogP contribution in [0.15, 0.2) is 39.5 Å². The lowest BCUT2D eigenvalue weighted by Gasteiger charge is -2.23. The van der Waals surface area contributed by atoms with Crippen LogP contribution in [0.4, 0.5) is 4.79 Å². The van der Waals surface area contributed by atoms with Crippen LogP contribution in [0, 0.1) is 0 Å². The normalized spacial score (nSPS) is 19.6. The van der Waals surface area contributed by atoms with Crippen LogP contribution in [0.1, 0.15) is 18.4 Å². The van der Waals surface area contributed by atoms with Crippen LogP contribution in [0.2, 0.25) is 10.0 Å². The average Bonchev–Trinajstić information content (AvgIpc) is 3.33. The molecule has 0 radical (unpaired) electrons. The molecule has 1 aliphatic heterocycles. The van der Waals surface area contributed by atoms with Gasteiger partial charge in [-0.05, 0) is 30.5 Å². The van der Waals surface area contributed by atoms with Crippen molar-refractivity contribution in [3.63, 3.8) is 0 Å². The SMILES string of the molecule is CC1(c2ccc(Cl)cc2Cl)NC(=O)N(Cc2nc(-c3ccsc3)no2)C1=O. The largest absolute Gasteiger partial charge is 0.337 e. The first kappa shape index (κ1) is 18.0. The van der Waals surface area contributed by atoms with E-state index in [0.717, 1.165) is 10.5 Å². The summed E-state index contributed by atoms with van der Waals surface area (Å²) in [7, 11) is 0. The second-order valence-electron chi connectivity index (χ2n) is 6.09. The van der Waals surface area contributed by atoms with Gasteiger partial charge in [0.15, 0.2) is 0 Å². The van der Waals surface area contributed by atoms with Crippen molar-refractivity contribution in [2.75, 3.05) is 0 Å². The summed E-state index contributed by atoms with van der Waals surface area (Å²) >= 11 is 13.7. The molecule has 27 heavy (non-hydrogen) atoms. The molecule has 0 saturated carbocycles. The van der Waals surface area contributed by atoms with Gasteiger partial charge >= 0.3 is 6.03 Å². The fraction of sp³-hybridized carbons (Fsp3) is 0.176. The molecular weight excluding hydrogens is 411 g/mol. The second-order valence-corrected chi connectivity index (χ2v) is 7.72. The lowest BCUT2D eigenvalue weighted by atomic mass is 9.92. The summed E-state index contributed by atoms with van der Waals surface area (Å²) in [6, 6.07) is 6.04. The molecule has 138 valence electrons. The van der Waals surface area contributed by atoms with Crippen molar-refractivity contribution in [1.82, 2.24) is 20.4 Å². The maximum Gasteiger partial charge on any atom is 0.325 e. The molecule has 0 bridgehead atoms. The molecule has 4 rings (SSSR count). The fourth-order valence-electron chi connectivity index (χ4n) is 2.88. The van der Waals surface area contributed by atoms with Crippen molar-refractivity contribution in [2.45, 2.75) is 19.0 Å². The van der Waals surface area contributed by atoms with Gasteiger partial charge in [-0.25, -0.2) is 4.79 Å². The van der Waals surface area contributed by atoms with Crippen molar-refractivity contribution >= 4 is 46.5 Å². The van der Waals surface area contributed by atoms with E-state index in [9.17, 15) is 9.59 Å². The van der Waals surface area contributed by atoms with Crippen molar-refractivity contribution in [3.05, 3.63) is 56.5 Å². The Morgan fingerprint density at radius 2 is 2.11 bits per heavy atom. The molecule has 10 heteroatoms. The van der Waals surface area contributed by atoms with Crippen molar-refractivity contribution in [3.8, 4) is 11.4 Å². The van der Waals surface area contributed by atoms with E-state index in [-0.39, 0.29) is 17.5 Å². The van der Waals surface area contributed by atoms with E-state index in [0.29, 0.717) is 16.4 Å². The molecule has 0 aliphatic carbocycles. The van der Waals surface area contributed by atoms with Crippen LogP contribution in [0.3, 0.4) is 0 Å². The number of nitrogens with one attached hydrogen (secondary N) is 1. The molecule has 1 aliphatic rings. The summed E-state index contributed by atoms with van der Waals surface area (Å²) in [5.41, 5.74) is -0.0431. The molecule has 1 saturated heterocycles. The number of hydrogen-bond donors (Lipinski definition) is 1. The molecule has 1 atom stereocenters. The maximum atomic E-state index is 13.0. The number of hydrogen-bond acceptors (Lipinski definition) is 6. The number of aromatic nitrogens is 2. The van der Waals surface area contributed by atoms with E-state index >= 15 is 0 Å². The molecule has 1 N–H and O–H groups in total. The molecule has 1 fully saturated rings. The van der Waals surface area contributed by atoms with E-state index in [2.05, 4.69) is 15.5 Å². The number of amides is 3. The highest BCUT2D eigenvalue weighted by Crippen LogP contribution is 2.35. The molecule has 3 aromatic rings. The van der Waals surface area contributed by atoms with Gasteiger partial charge in [0.05, 0.1) is 0 Å². The van der Waals surface area contributed by atoms with E-state index in [4.69, 9.17) is 27.7 Å². The minimum atomic E-state index is -1.31. The van der Waals surface area contributed by atoms with Crippen LogP contribution in [-0.2, 0) is 16.9 Å². The highest BCUT2D eigenvalue weighted by molar-refractivity contribution is 7.08. The van der Waals surface area contributed by atoms with Gasteiger partial charge in [-0.15, -0.1) is 0 Å². The smallest absolute Gasteiger partial charge is 0.325 e. The number of benzene rings is 1. The number of carbonyl (C=O) groups is 2. The maximum absolute atomic E-state index is 13.0. The van der Waals surface area contributed by atoms with Crippen molar-refractivity contribution < 1.29 is 14.1 Å². The number of nitrogens with zero attached hydrogens (tertiary/aromatic N) is 3. The number of halogens is 2. The molecule has 3 heterocycles. The van der Waals surface area contributed by atoms with E-state index in [1.165, 1.54) is 17.4 Å². The topological polar surface area (TPSA) is 88.3 Å². The summed E-state index contributed by atoms with van der Waals surface area (Å²) < 4.78 is 5.19. The van der Waals surface area contributed by atoms with Crippen LogP contribution in [0.25, 0.3) is 11.4 Å². The standard InChI is InChI=1S/C17H12Cl2N4O3S/c1-17(11-3-2-10(18)6-12(11)19)15(24)23(16(25)21-17)7-13-20-14(22-26-13)9-4-5-27-8-9/h2-6,8H,7H2,1H3,(H,21,25). The average molecular weight is 423 g/mol. The fourth-order valence-corrected chi connectivity index (χ4v) is 4.11. The monoisotopic (exact) mass is 422 g/mol. The third kappa shape index (κ3) is 3.09. The number of imide groups is 1. The van der Waals surface area contributed by atoms with Crippen LogP contribution in [-0.4, -0.2) is 27.0 Å². The zero-order valence-corrected chi connectivity index (χ0v) is 16.2. The van der Waals surface area contributed by atoms with Gasteiger partial charge in [0.1, 0.15) is 12.1 Å². The third-order valence-electron chi connectivity index (χ3n) is 4.29. The zero-order valence-electron chi connectivity index (χ0n) is 13.9. The Balaban J connectivity index is 1.60. The van der Waals surface area contributed by atoms with Gasteiger partial charge in [0.2, 0.25) is 11.7 Å². The van der Waals surface area contributed by atoms with Gasteiger partial charge in [-0.3, -0.25) is 9.69 Å². The number of urea groups is 1. The minimum Gasteiger partial charge on any atom is -0.337 e. The van der Waals surface area contributed by atoms with E-state index < -0.39 is 17.5 Å². The molecule has 7 nitrogen and oxygen atoms in total. The zero-order chi connectivity index (χ0) is 19.2. The molecule has 1 aromatic carbocycles. The third-order valence-corrected chi connectivity index (χ3v) is 5.52. The summed E-state index contributed by atoms with van der Waals surface area (Å²) in [4.78, 5) is 30.7. The van der Waals surface area contributed by atoms with Gasteiger partial charge in [0.25, 0.3) is 5.91 Å². The Hall–Kier alpha value is -2.42. The van der Waals surface area contributed by atoms with Gasteiger partial charge in [0, 0.05) is 26.6 Å². The second kappa shape index (κ2) is 6.63. The minimum absolute atomic E-state index is 0.136. The van der Waals surface area contributed by atoms with Crippen molar-refractivity contribution in [1.29, 1.82) is 0 Å². The Bertz CT molecular complexity index is 1040. The lowest BCUT2D eigenvalue weighted by Crippen LogP contribution is -2.41. The molecule has 0 spiro atoms. The summed E-state index contributed by atoms with van der Waals surface area (Å²) in [5, 5.41) is 11.1. The van der Waals surface area contributed by atoms with Crippen LogP contribution in [0.5, 0.6) is 0 Å². The van der Waals surface area contributed by atoms with Crippen LogP contribution < -0.4 is 5.32 Å². The van der Waals surface area contributed by atoms with E-state index in [1.54, 1.807) is 19.1 Å². The summed E-state index contributed by atoms with van der Waals surface area (Å²) in [6.07, 6.45) is 0. The first-order valence-electron chi connectivity index (χ1n) is 7.83. The molecule has 2 aromatic heterocycles. The number of carbonyl (C=O) groups excluding carboxylic acids is 2. The number of rotatable bonds is 4. The Labute approximate surface area is 167 Å². The van der Waals surface area contributed by atoms with Gasteiger partial charge in [-0.2, -0.15) is 16.3 Å². The lowest BCUT2D eigenvalue weighted by molar-refractivity contribution is -0.131. The first-order chi connectivity index (χ1) is 12.9. The highest BCUT2D eigenvalue weighted by Gasteiger charge is 2.50. The van der Waals surface area contributed by atoms with Gasteiger partial charge < -0.3 is 9.84 Å². The quantitative estimate of drug-likeness (QED) is 0.639. The Kier molecular flexibility index (Phi) is 4.41. The number of thiophene rings is 1. The molecule has 1 unspecified atom stereocenters. The van der Waals surface area contributed by atoms with E-state index in [1.807, 2.05) is 16.8 Å². The Morgan fingerprint density at radius 1 is 1.30 bits per heavy atom. The predicted molar refractivity (Wildman–Crippen MR) is 101 cm³/mol. The summed E-state index contributed by atoms with van der Waals surface area (Å²) in [6.45, 7) is 1.45. The van der Waals surface area contributed by atoms with Gasteiger partial charge in [-0.1, -0.05) is 34.4 Å². The Morgan fingerprint density at radius 3 is 2.81 bits per heavy atom. The summed E-state index contributed by atoms with van der Waals surface area (Å²) in [5.74, 6) is 0.0972. The van der Waals surface area contributed by atoms with Crippen LogP contribution >= 0.6 is 34.5 Å².